The van der Waals surface area contributed by atoms with Crippen LogP contribution in [0.4, 0.5) is 4.79 Å². The van der Waals surface area contributed by atoms with Crippen molar-refractivity contribution in [1.82, 2.24) is 5.32 Å². The Bertz CT molecular complexity index is 531. The minimum absolute atomic E-state index is 0.131. The average Bonchev–Trinajstić information content (AvgIpc) is 2.49. The van der Waals surface area contributed by atoms with E-state index in [0.29, 0.717) is 6.42 Å². The quantitative estimate of drug-likeness (QED) is 0.632. The molecule has 0 bridgehead atoms. The summed E-state index contributed by atoms with van der Waals surface area (Å²) in [5.74, 6) is -1.11. The fourth-order valence-corrected chi connectivity index (χ4v) is 3.07. The zero-order valence-corrected chi connectivity index (χ0v) is 15.0. The normalized spacial score (nSPS) is 13.9. The summed E-state index contributed by atoms with van der Waals surface area (Å²) in [7, 11) is -1.42. The number of carbonyl (C=O) groups is 2. The first-order chi connectivity index (χ1) is 10.6. The lowest BCUT2D eigenvalue weighted by Crippen LogP contribution is -2.56. The molecule has 1 atom stereocenters. The first kappa shape index (κ1) is 19.2. The van der Waals surface area contributed by atoms with Crippen LogP contribution in [0.3, 0.4) is 0 Å². The monoisotopic (exact) mass is 338 g/mol. The highest BCUT2D eigenvalue weighted by Gasteiger charge is 2.35. The van der Waals surface area contributed by atoms with Gasteiger partial charge in [-0.15, -0.1) is 0 Å². The van der Waals surface area contributed by atoms with Crippen molar-refractivity contribution >= 4 is 20.1 Å². The van der Waals surface area contributed by atoms with Crippen LogP contribution in [0, 0.1) is 0 Å². The maximum absolute atomic E-state index is 11.7. The number of hydrogen-bond acceptors (Lipinski definition) is 4. The Morgan fingerprint density at radius 3 is 2.39 bits per heavy atom. The molecule has 0 unspecified atom stereocenters. The van der Waals surface area contributed by atoms with Crippen molar-refractivity contribution in [3.05, 3.63) is 35.9 Å². The van der Waals surface area contributed by atoms with E-state index >= 15 is 0 Å². The Labute approximate surface area is 138 Å². The molecule has 23 heavy (non-hydrogen) atoms. The summed E-state index contributed by atoms with van der Waals surface area (Å²) in [6, 6.07) is 10.0. The van der Waals surface area contributed by atoms with E-state index in [-0.39, 0.29) is 13.2 Å². The van der Waals surface area contributed by atoms with Crippen molar-refractivity contribution in [2.24, 2.45) is 5.73 Å². The second kappa shape index (κ2) is 8.12. The van der Waals surface area contributed by atoms with E-state index in [1.54, 1.807) is 0 Å². The topological polar surface area (TPSA) is 102 Å². The minimum atomic E-state index is -1.47. The van der Waals surface area contributed by atoms with Crippen LogP contribution in [0.15, 0.2) is 30.3 Å². The van der Waals surface area contributed by atoms with Crippen LogP contribution in [-0.4, -0.2) is 37.3 Å². The molecule has 0 aromatic heterocycles. The number of nitrogens with one attached hydrogen (secondary N) is 1. The molecule has 6 nitrogen and oxygen atoms in total. The van der Waals surface area contributed by atoms with Crippen molar-refractivity contribution in [1.29, 1.82) is 0 Å². The summed E-state index contributed by atoms with van der Waals surface area (Å²) in [6.07, 6.45) is -0.338. The van der Waals surface area contributed by atoms with Crippen molar-refractivity contribution in [3.8, 4) is 0 Å². The molecular formula is C16H26N2O4Si. The molecule has 0 spiro atoms. The molecule has 0 heterocycles. The number of carboxylic acids is 1. The van der Waals surface area contributed by atoms with Gasteiger partial charge in [0.15, 0.2) is 0 Å². The Balaban J connectivity index is 2.48. The predicted molar refractivity (Wildman–Crippen MR) is 92.0 cm³/mol. The van der Waals surface area contributed by atoms with Gasteiger partial charge in [-0.3, -0.25) is 4.79 Å². The molecule has 1 rings (SSSR count). The third-order valence-electron chi connectivity index (χ3n) is 3.51. The minimum Gasteiger partial charge on any atom is -0.480 e. The number of alkyl carbamates (subject to hydrolysis) is 1. The first-order valence-electron chi connectivity index (χ1n) is 7.59. The maximum atomic E-state index is 11.7. The van der Waals surface area contributed by atoms with Crippen LogP contribution in [0.25, 0.3) is 0 Å². The molecule has 0 saturated heterocycles. The zero-order chi connectivity index (χ0) is 17.5. The lowest BCUT2D eigenvalue weighted by atomic mass is 9.98. The van der Waals surface area contributed by atoms with Crippen LogP contribution in [0.1, 0.15) is 12.0 Å². The number of carboxylic acid groups (broad SMARTS) is 1. The van der Waals surface area contributed by atoms with Gasteiger partial charge in [-0.2, -0.15) is 0 Å². The fraction of sp³-hybridized carbons (Fsp3) is 0.500. The van der Waals surface area contributed by atoms with Crippen molar-refractivity contribution < 1.29 is 19.4 Å². The number of ether oxygens (including phenoxy) is 1. The van der Waals surface area contributed by atoms with Gasteiger partial charge in [-0.1, -0.05) is 56.0 Å². The van der Waals surface area contributed by atoms with Gasteiger partial charge in [0.25, 0.3) is 0 Å². The molecule has 1 aromatic carbocycles. The molecule has 1 amide bonds. The lowest BCUT2D eigenvalue weighted by molar-refractivity contribution is -0.143. The Morgan fingerprint density at radius 1 is 1.26 bits per heavy atom. The third-order valence-corrected chi connectivity index (χ3v) is 5.26. The number of benzene rings is 1. The summed E-state index contributed by atoms with van der Waals surface area (Å²) in [5, 5.41) is 11.8. The summed E-state index contributed by atoms with van der Waals surface area (Å²) in [6.45, 7) is 6.43. The van der Waals surface area contributed by atoms with Gasteiger partial charge in [0, 0.05) is 14.6 Å². The Morgan fingerprint density at radius 2 is 1.87 bits per heavy atom. The van der Waals surface area contributed by atoms with Crippen molar-refractivity contribution in [2.45, 2.75) is 44.3 Å². The number of nitrogens with two attached hydrogens (primary N) is 1. The second-order valence-corrected chi connectivity index (χ2v) is 12.6. The van der Waals surface area contributed by atoms with Gasteiger partial charge in [0.05, 0.1) is 0 Å². The van der Waals surface area contributed by atoms with Gasteiger partial charge in [0.2, 0.25) is 0 Å². The molecule has 0 aliphatic heterocycles. The highest BCUT2D eigenvalue weighted by molar-refractivity contribution is 6.76. The highest BCUT2D eigenvalue weighted by Crippen LogP contribution is 2.18. The van der Waals surface area contributed by atoms with Crippen LogP contribution in [-0.2, 0) is 16.1 Å². The number of aliphatic carboxylic acids is 1. The first-order valence-corrected chi connectivity index (χ1v) is 11.3. The summed E-state index contributed by atoms with van der Waals surface area (Å²) in [4.78, 5) is 23.1. The molecular weight excluding hydrogens is 312 g/mol. The van der Waals surface area contributed by atoms with Crippen molar-refractivity contribution in [2.75, 3.05) is 6.54 Å². The Kier molecular flexibility index (Phi) is 6.77. The van der Waals surface area contributed by atoms with E-state index in [1.807, 2.05) is 30.3 Å². The summed E-state index contributed by atoms with van der Waals surface area (Å²) < 4.78 is 5.06. The predicted octanol–water partition coefficient (Wildman–Crippen LogP) is 2.42. The van der Waals surface area contributed by atoms with E-state index in [9.17, 15) is 14.7 Å². The zero-order valence-electron chi connectivity index (χ0n) is 14.0. The summed E-state index contributed by atoms with van der Waals surface area (Å²) >= 11 is 0. The average molecular weight is 338 g/mol. The van der Waals surface area contributed by atoms with E-state index in [1.165, 1.54) is 0 Å². The molecule has 0 radical (unpaired) electrons. The van der Waals surface area contributed by atoms with Gasteiger partial charge >= 0.3 is 12.1 Å². The number of rotatable bonds is 8. The molecule has 0 saturated carbocycles. The van der Waals surface area contributed by atoms with Gasteiger partial charge < -0.3 is 20.9 Å². The van der Waals surface area contributed by atoms with Gasteiger partial charge in [-0.05, 0) is 12.0 Å². The molecule has 1 aromatic rings. The third kappa shape index (κ3) is 7.29. The number of carbonyl (C=O) groups excluding carboxylic acids is 1. The smallest absolute Gasteiger partial charge is 0.407 e. The van der Waals surface area contributed by atoms with Crippen LogP contribution >= 0.6 is 0 Å². The van der Waals surface area contributed by atoms with E-state index in [2.05, 4.69) is 25.0 Å². The molecule has 4 N–H and O–H groups in total. The molecule has 7 heteroatoms. The van der Waals surface area contributed by atoms with Gasteiger partial charge in [-0.25, -0.2) is 4.79 Å². The molecule has 0 aliphatic carbocycles. The maximum Gasteiger partial charge on any atom is 0.407 e. The van der Waals surface area contributed by atoms with Gasteiger partial charge in [0.1, 0.15) is 12.1 Å². The number of hydrogen-bond donors (Lipinski definition) is 3. The second-order valence-electron chi connectivity index (χ2n) is 6.94. The van der Waals surface area contributed by atoms with Crippen molar-refractivity contribution in [3.63, 3.8) is 0 Å². The van der Waals surface area contributed by atoms with E-state index in [4.69, 9.17) is 10.5 Å². The highest BCUT2D eigenvalue weighted by atomic mass is 28.3. The largest absolute Gasteiger partial charge is 0.480 e. The lowest BCUT2D eigenvalue weighted by Gasteiger charge is -2.28. The van der Waals surface area contributed by atoms with Crippen LogP contribution in [0.2, 0.25) is 25.7 Å². The molecule has 0 aliphatic rings. The molecule has 128 valence electrons. The van der Waals surface area contributed by atoms with Crippen LogP contribution in [0.5, 0.6) is 0 Å². The molecule has 0 fully saturated rings. The summed E-state index contributed by atoms with van der Waals surface area (Å²) in [5.41, 5.74) is 5.35. The SMILES string of the molecule is C[Si](C)(C)CC[C@](N)(CNC(=O)OCc1ccccc1)C(=O)O. The Hall–Kier alpha value is -1.86. The van der Waals surface area contributed by atoms with E-state index < -0.39 is 25.7 Å². The van der Waals surface area contributed by atoms with Crippen LogP contribution < -0.4 is 11.1 Å². The fourth-order valence-electron chi connectivity index (χ4n) is 1.87. The number of amides is 1. The standard InChI is InChI=1S/C16H26N2O4Si/c1-23(2,3)10-9-16(17,14(19)20)12-18-15(21)22-11-13-7-5-4-6-8-13/h4-8H,9-12,17H2,1-3H3,(H,18,21)(H,19,20)/t16-/m0/s1. The van der Waals surface area contributed by atoms with E-state index in [0.717, 1.165) is 11.6 Å².